The molecule has 3 N–H and O–H groups in total. The molecule has 0 radical (unpaired) electrons. The number of aromatic nitrogens is 3. The number of ether oxygens (including phenoxy) is 2. The quantitative estimate of drug-likeness (QED) is 0.244. The van der Waals surface area contributed by atoms with Crippen LogP contribution in [0.5, 0.6) is 5.75 Å². The van der Waals surface area contributed by atoms with Gasteiger partial charge in [-0.15, -0.1) is 0 Å². The molecule has 3 heterocycles. The van der Waals surface area contributed by atoms with Gasteiger partial charge in [-0.25, -0.2) is 13.4 Å². The van der Waals surface area contributed by atoms with E-state index < -0.39 is 15.8 Å². The molecule has 2 aliphatic rings. The number of likely N-dealkylation sites (tertiary alicyclic amines) is 1. The summed E-state index contributed by atoms with van der Waals surface area (Å²) >= 11 is 0. The molecular formula is C30H40N6O6S. The number of amides is 1. The molecule has 2 aromatic heterocycles. The number of nitrogens with one attached hydrogen (secondary N) is 1. The second-order valence-electron chi connectivity index (χ2n) is 11.4. The van der Waals surface area contributed by atoms with Gasteiger partial charge < -0.3 is 30.0 Å². The lowest BCUT2D eigenvalue weighted by molar-refractivity contribution is -0.151. The van der Waals surface area contributed by atoms with Crippen LogP contribution >= 0.6 is 0 Å². The number of carbonyl (C=O) groups is 2. The minimum absolute atomic E-state index is 0.00229. The first-order valence-corrected chi connectivity index (χ1v) is 16.9. The highest BCUT2D eigenvalue weighted by Crippen LogP contribution is 2.30. The van der Waals surface area contributed by atoms with Crippen molar-refractivity contribution in [2.45, 2.75) is 57.1 Å². The summed E-state index contributed by atoms with van der Waals surface area (Å²) in [5, 5.41) is 4.38. The van der Waals surface area contributed by atoms with Gasteiger partial charge in [-0.3, -0.25) is 9.59 Å². The maximum absolute atomic E-state index is 13.1. The summed E-state index contributed by atoms with van der Waals surface area (Å²) in [4.78, 5) is 35.7. The summed E-state index contributed by atoms with van der Waals surface area (Å²) in [6.07, 6.45) is 9.76. The molecule has 2 fully saturated rings. The molecule has 43 heavy (non-hydrogen) atoms. The lowest BCUT2D eigenvalue weighted by atomic mass is 9.85. The number of nitrogens with zero attached hydrogens (tertiary/aromatic N) is 4. The summed E-state index contributed by atoms with van der Waals surface area (Å²) < 4.78 is 36.0. The Morgan fingerprint density at radius 2 is 1.84 bits per heavy atom. The van der Waals surface area contributed by atoms with Gasteiger partial charge >= 0.3 is 5.97 Å². The van der Waals surface area contributed by atoms with Crippen molar-refractivity contribution in [2.75, 3.05) is 43.6 Å². The highest BCUT2D eigenvalue weighted by molar-refractivity contribution is 7.90. The zero-order chi connectivity index (χ0) is 30.4. The largest absolute Gasteiger partial charge is 0.493 e. The number of hydrogen-bond acceptors (Lipinski definition) is 10. The zero-order valence-electron chi connectivity index (χ0n) is 24.5. The summed E-state index contributed by atoms with van der Waals surface area (Å²) in [5.74, 6) is 1.84. The van der Waals surface area contributed by atoms with Crippen molar-refractivity contribution in [3.8, 4) is 11.6 Å². The second-order valence-corrected chi connectivity index (χ2v) is 13.6. The molecule has 1 saturated heterocycles. The van der Waals surface area contributed by atoms with E-state index in [9.17, 15) is 18.0 Å². The first kappa shape index (κ1) is 30.7. The van der Waals surface area contributed by atoms with E-state index in [2.05, 4.69) is 10.3 Å². The van der Waals surface area contributed by atoms with Crippen LogP contribution in [0.1, 0.15) is 44.9 Å². The number of sulfone groups is 1. The van der Waals surface area contributed by atoms with Crippen LogP contribution in [-0.2, 0) is 24.2 Å². The van der Waals surface area contributed by atoms with Crippen molar-refractivity contribution in [1.29, 1.82) is 0 Å². The number of esters is 1. The van der Waals surface area contributed by atoms with Gasteiger partial charge in [-0.1, -0.05) is 6.07 Å². The van der Waals surface area contributed by atoms with Gasteiger partial charge in [0.1, 0.15) is 27.5 Å². The molecule has 1 aliphatic carbocycles. The fourth-order valence-electron chi connectivity index (χ4n) is 5.87. The van der Waals surface area contributed by atoms with E-state index >= 15 is 0 Å². The third kappa shape index (κ3) is 8.02. The van der Waals surface area contributed by atoms with Gasteiger partial charge in [-0.2, -0.15) is 4.98 Å². The van der Waals surface area contributed by atoms with Gasteiger partial charge in [0, 0.05) is 61.9 Å². The Kier molecular flexibility index (Phi) is 9.81. The van der Waals surface area contributed by atoms with Gasteiger partial charge in [-0.05, 0) is 56.4 Å². The Morgan fingerprint density at radius 3 is 2.56 bits per heavy atom. The molecule has 1 aromatic carbocycles. The number of fused-ring (bicyclic) bond motifs is 1. The third-order valence-corrected chi connectivity index (χ3v) is 9.16. The first-order chi connectivity index (χ1) is 20.7. The first-order valence-electron chi connectivity index (χ1n) is 14.9. The van der Waals surface area contributed by atoms with Crippen molar-refractivity contribution in [3.05, 3.63) is 42.7 Å². The third-order valence-electron chi connectivity index (χ3n) is 8.13. The second kappa shape index (κ2) is 13.7. The highest BCUT2D eigenvalue weighted by atomic mass is 32.2. The minimum Gasteiger partial charge on any atom is -0.493 e. The molecule has 0 unspecified atom stereocenters. The Hall–Kier alpha value is -3.71. The van der Waals surface area contributed by atoms with E-state index in [0.717, 1.165) is 36.6 Å². The summed E-state index contributed by atoms with van der Waals surface area (Å²) in [6, 6.07) is 9.76. The van der Waals surface area contributed by atoms with Gasteiger partial charge in [0.25, 0.3) is 0 Å². The van der Waals surface area contributed by atoms with E-state index in [4.69, 9.17) is 20.2 Å². The number of carbonyl (C=O) groups excluding carboxylic acids is 2. The van der Waals surface area contributed by atoms with Crippen LogP contribution in [0.15, 0.2) is 42.7 Å². The Morgan fingerprint density at radius 1 is 1.07 bits per heavy atom. The van der Waals surface area contributed by atoms with E-state index in [0.29, 0.717) is 56.5 Å². The molecule has 13 heteroatoms. The topological polar surface area (TPSA) is 159 Å². The normalized spacial score (nSPS) is 19.7. The van der Waals surface area contributed by atoms with E-state index in [-0.39, 0.29) is 36.3 Å². The van der Waals surface area contributed by atoms with Gasteiger partial charge in [0.2, 0.25) is 11.9 Å². The van der Waals surface area contributed by atoms with Crippen molar-refractivity contribution in [1.82, 2.24) is 19.4 Å². The molecule has 1 saturated carbocycles. The minimum atomic E-state index is -3.02. The molecule has 0 bridgehead atoms. The molecule has 232 valence electrons. The van der Waals surface area contributed by atoms with Crippen LogP contribution in [0, 0.1) is 5.92 Å². The predicted octanol–water partition coefficient (Wildman–Crippen LogP) is 2.70. The maximum atomic E-state index is 13.1. The lowest BCUT2D eigenvalue weighted by Crippen LogP contribution is -2.45. The number of nitrogens with two attached hydrogens (primary N) is 1. The fraction of sp³-hybridized carbons (Fsp3) is 0.533. The molecule has 3 aromatic rings. The van der Waals surface area contributed by atoms with Crippen LogP contribution in [0.25, 0.3) is 16.7 Å². The van der Waals surface area contributed by atoms with Crippen LogP contribution in [0.4, 0.5) is 5.95 Å². The summed E-state index contributed by atoms with van der Waals surface area (Å²) in [7, 11) is -3.02. The number of anilines is 1. The van der Waals surface area contributed by atoms with Crippen LogP contribution in [-0.4, -0.2) is 90.1 Å². The summed E-state index contributed by atoms with van der Waals surface area (Å²) in [5.41, 5.74) is 6.25. The number of hydrogen-bond donors (Lipinski definition) is 2. The lowest BCUT2D eigenvalue weighted by Gasteiger charge is -2.36. The van der Waals surface area contributed by atoms with Crippen molar-refractivity contribution in [2.24, 2.45) is 11.7 Å². The van der Waals surface area contributed by atoms with Crippen LogP contribution in [0.3, 0.4) is 0 Å². The highest BCUT2D eigenvalue weighted by Gasteiger charge is 2.32. The van der Waals surface area contributed by atoms with Crippen LogP contribution < -0.4 is 15.8 Å². The molecule has 5 rings (SSSR count). The molecule has 0 spiro atoms. The molecular weight excluding hydrogens is 572 g/mol. The van der Waals surface area contributed by atoms with Gasteiger partial charge in [0.15, 0.2) is 0 Å². The van der Waals surface area contributed by atoms with E-state index in [1.54, 1.807) is 6.20 Å². The SMILES string of the molecule is CS(=O)(=O)CCCOc1cccc2c1ccn2-c1ccnc(N[C@H]2CC[C@H](C(=O)N3CCC(OC(=O)CN)CC3)CC2)n1. The maximum Gasteiger partial charge on any atom is 0.319 e. The number of benzene rings is 1. The van der Waals surface area contributed by atoms with E-state index in [1.807, 2.05) is 46.0 Å². The Balaban J connectivity index is 1.14. The average molecular weight is 613 g/mol. The molecule has 0 atom stereocenters. The Labute approximate surface area is 251 Å². The number of rotatable bonds is 11. The number of piperidine rings is 1. The van der Waals surface area contributed by atoms with Crippen molar-refractivity contribution < 1.29 is 27.5 Å². The smallest absolute Gasteiger partial charge is 0.319 e. The van der Waals surface area contributed by atoms with E-state index in [1.165, 1.54) is 6.26 Å². The summed E-state index contributed by atoms with van der Waals surface area (Å²) in [6.45, 7) is 1.40. The zero-order valence-corrected chi connectivity index (χ0v) is 25.3. The van der Waals surface area contributed by atoms with Crippen molar-refractivity contribution >= 4 is 38.6 Å². The average Bonchev–Trinajstić information content (AvgIpc) is 3.44. The predicted molar refractivity (Wildman–Crippen MR) is 163 cm³/mol. The standard InChI is InChI=1S/C30H40N6O6S/c1-43(39,40)19-3-18-41-26-5-2-4-25-24(26)13-17-36(25)27-10-14-32-30(34-27)33-22-8-6-21(7-9-22)29(38)35-15-11-23(12-16-35)42-28(37)20-31/h2,4-5,10,13-14,17,21-23H,3,6-9,11-12,15-16,18-20,31H2,1H3,(H,32,33,34)/t21-,22-. The monoisotopic (exact) mass is 612 g/mol. The van der Waals surface area contributed by atoms with Crippen molar-refractivity contribution in [3.63, 3.8) is 0 Å². The molecule has 1 aliphatic heterocycles. The molecule has 1 amide bonds. The van der Waals surface area contributed by atoms with Gasteiger partial charge in [0.05, 0.1) is 24.4 Å². The fourth-order valence-corrected chi connectivity index (χ4v) is 6.52. The molecule has 12 nitrogen and oxygen atoms in total. The van der Waals surface area contributed by atoms with Crippen LogP contribution in [0.2, 0.25) is 0 Å². The Bertz CT molecular complexity index is 1530.